The zero-order valence-corrected chi connectivity index (χ0v) is 12.5. The summed E-state index contributed by atoms with van der Waals surface area (Å²) in [6.45, 7) is 7.01. The van der Waals surface area contributed by atoms with Gasteiger partial charge in [-0.25, -0.2) is 0 Å². The number of nitrogens with one attached hydrogen (secondary N) is 1. The fourth-order valence-electron chi connectivity index (χ4n) is 2.08. The van der Waals surface area contributed by atoms with Crippen molar-refractivity contribution in [1.29, 1.82) is 0 Å². The van der Waals surface area contributed by atoms with E-state index in [1.807, 2.05) is 19.1 Å². The van der Waals surface area contributed by atoms with Gasteiger partial charge in [-0.1, -0.05) is 6.07 Å². The molecular weight excluding hydrogens is 242 g/mol. The van der Waals surface area contributed by atoms with E-state index in [4.69, 9.17) is 14.6 Å². The minimum absolute atomic E-state index is 0.104. The molecule has 0 saturated carbocycles. The number of aliphatic hydroxyl groups excluding tert-OH is 1. The first kappa shape index (κ1) is 15.8. The van der Waals surface area contributed by atoms with Gasteiger partial charge in [-0.15, -0.1) is 0 Å². The Bertz CT molecular complexity index is 416. The van der Waals surface area contributed by atoms with Gasteiger partial charge in [0.05, 0.1) is 14.2 Å². The van der Waals surface area contributed by atoms with E-state index in [0.29, 0.717) is 13.0 Å². The molecule has 1 rings (SSSR count). The van der Waals surface area contributed by atoms with Crippen molar-refractivity contribution in [2.75, 3.05) is 20.8 Å². The van der Waals surface area contributed by atoms with Crippen LogP contribution in [0.15, 0.2) is 12.1 Å². The predicted octanol–water partition coefficient (Wildman–Crippen LogP) is 2.26. The lowest BCUT2D eigenvalue weighted by Gasteiger charge is -2.26. The SMILES string of the molecule is COc1ccc(CNC(C)(C)CCO)c(OC)c1C. The topological polar surface area (TPSA) is 50.7 Å². The lowest BCUT2D eigenvalue weighted by Crippen LogP contribution is -2.39. The smallest absolute Gasteiger partial charge is 0.129 e. The normalized spacial score (nSPS) is 11.5. The zero-order valence-electron chi connectivity index (χ0n) is 12.5. The van der Waals surface area contributed by atoms with Crippen LogP contribution in [0.2, 0.25) is 0 Å². The maximum absolute atomic E-state index is 9.03. The lowest BCUT2D eigenvalue weighted by molar-refractivity contribution is 0.229. The van der Waals surface area contributed by atoms with Crippen molar-refractivity contribution in [1.82, 2.24) is 5.32 Å². The molecule has 1 aromatic carbocycles. The Morgan fingerprint density at radius 1 is 1.21 bits per heavy atom. The minimum atomic E-state index is -0.104. The van der Waals surface area contributed by atoms with Crippen LogP contribution in [0.3, 0.4) is 0 Å². The number of hydrogen-bond acceptors (Lipinski definition) is 4. The molecule has 0 spiro atoms. The third kappa shape index (κ3) is 4.11. The highest BCUT2D eigenvalue weighted by Gasteiger charge is 2.18. The van der Waals surface area contributed by atoms with Crippen LogP contribution in [-0.4, -0.2) is 31.5 Å². The number of methoxy groups -OCH3 is 2. The number of aliphatic hydroxyl groups is 1. The third-order valence-electron chi connectivity index (χ3n) is 3.36. The minimum Gasteiger partial charge on any atom is -0.496 e. The van der Waals surface area contributed by atoms with Crippen LogP contribution >= 0.6 is 0 Å². The number of rotatable bonds is 7. The van der Waals surface area contributed by atoms with Gasteiger partial charge in [0.1, 0.15) is 11.5 Å². The molecule has 0 bridgehead atoms. The highest BCUT2D eigenvalue weighted by Crippen LogP contribution is 2.31. The molecule has 0 aliphatic carbocycles. The molecule has 4 heteroatoms. The highest BCUT2D eigenvalue weighted by molar-refractivity contribution is 5.49. The van der Waals surface area contributed by atoms with Crippen LogP contribution in [0.1, 0.15) is 31.4 Å². The van der Waals surface area contributed by atoms with E-state index in [9.17, 15) is 0 Å². The van der Waals surface area contributed by atoms with Crippen molar-refractivity contribution >= 4 is 0 Å². The summed E-state index contributed by atoms with van der Waals surface area (Å²) in [6.07, 6.45) is 0.713. The zero-order chi connectivity index (χ0) is 14.5. The molecule has 0 unspecified atom stereocenters. The molecule has 108 valence electrons. The van der Waals surface area contributed by atoms with Gasteiger partial charge in [0.25, 0.3) is 0 Å². The summed E-state index contributed by atoms with van der Waals surface area (Å²) in [6, 6.07) is 3.96. The first-order valence-electron chi connectivity index (χ1n) is 6.51. The van der Waals surface area contributed by atoms with E-state index in [1.54, 1.807) is 14.2 Å². The molecule has 0 aliphatic rings. The molecule has 0 aliphatic heterocycles. The molecule has 19 heavy (non-hydrogen) atoms. The van der Waals surface area contributed by atoms with Gasteiger partial charge in [0.15, 0.2) is 0 Å². The van der Waals surface area contributed by atoms with Gasteiger partial charge in [-0.05, 0) is 33.3 Å². The average molecular weight is 267 g/mol. The molecule has 0 fully saturated rings. The molecule has 0 heterocycles. The Morgan fingerprint density at radius 2 is 1.89 bits per heavy atom. The van der Waals surface area contributed by atoms with Crippen LogP contribution in [0.5, 0.6) is 11.5 Å². The fourth-order valence-corrected chi connectivity index (χ4v) is 2.08. The summed E-state index contributed by atoms with van der Waals surface area (Å²) in [7, 11) is 3.33. The summed E-state index contributed by atoms with van der Waals surface area (Å²) >= 11 is 0. The van der Waals surface area contributed by atoms with E-state index < -0.39 is 0 Å². The van der Waals surface area contributed by atoms with E-state index in [0.717, 1.165) is 22.6 Å². The third-order valence-corrected chi connectivity index (χ3v) is 3.36. The Morgan fingerprint density at radius 3 is 2.42 bits per heavy atom. The van der Waals surface area contributed by atoms with E-state index in [1.165, 1.54) is 0 Å². The second-order valence-corrected chi connectivity index (χ2v) is 5.30. The summed E-state index contributed by atoms with van der Waals surface area (Å²) < 4.78 is 10.8. The number of ether oxygens (including phenoxy) is 2. The molecule has 2 N–H and O–H groups in total. The standard InChI is InChI=1S/C15H25NO3/c1-11-13(18-4)7-6-12(14(11)19-5)10-16-15(2,3)8-9-17/h6-7,16-17H,8-10H2,1-5H3. The largest absolute Gasteiger partial charge is 0.496 e. The maximum Gasteiger partial charge on any atom is 0.129 e. The maximum atomic E-state index is 9.03. The predicted molar refractivity (Wildman–Crippen MR) is 76.9 cm³/mol. The van der Waals surface area contributed by atoms with Gasteiger partial charge < -0.3 is 19.9 Å². The van der Waals surface area contributed by atoms with Crippen LogP contribution in [0.4, 0.5) is 0 Å². The van der Waals surface area contributed by atoms with Crippen LogP contribution in [0.25, 0.3) is 0 Å². The Balaban J connectivity index is 2.87. The molecule has 0 saturated heterocycles. The quantitative estimate of drug-likeness (QED) is 0.795. The molecule has 1 aromatic rings. The average Bonchev–Trinajstić information content (AvgIpc) is 2.36. The first-order chi connectivity index (χ1) is 8.95. The lowest BCUT2D eigenvalue weighted by atomic mass is 10.00. The molecule has 0 atom stereocenters. The summed E-state index contributed by atoms with van der Waals surface area (Å²) in [5.74, 6) is 1.68. The Hall–Kier alpha value is -1.26. The van der Waals surface area contributed by atoms with Crippen molar-refractivity contribution < 1.29 is 14.6 Å². The molecule has 0 radical (unpaired) electrons. The first-order valence-corrected chi connectivity index (χ1v) is 6.51. The van der Waals surface area contributed by atoms with Crippen molar-refractivity contribution in [2.24, 2.45) is 0 Å². The van der Waals surface area contributed by atoms with Crippen LogP contribution in [-0.2, 0) is 6.54 Å². The van der Waals surface area contributed by atoms with Gasteiger partial charge in [-0.2, -0.15) is 0 Å². The summed E-state index contributed by atoms with van der Waals surface area (Å²) in [5, 5.41) is 12.5. The van der Waals surface area contributed by atoms with Gasteiger partial charge in [-0.3, -0.25) is 0 Å². The Kier molecular flexibility index (Phi) is 5.63. The molecule has 4 nitrogen and oxygen atoms in total. The second kappa shape index (κ2) is 6.78. The van der Waals surface area contributed by atoms with Gasteiger partial charge in [0, 0.05) is 29.8 Å². The number of hydrogen-bond donors (Lipinski definition) is 2. The molecule has 0 aromatic heterocycles. The fraction of sp³-hybridized carbons (Fsp3) is 0.600. The van der Waals surface area contributed by atoms with Gasteiger partial charge in [0.2, 0.25) is 0 Å². The van der Waals surface area contributed by atoms with Crippen molar-refractivity contribution in [3.8, 4) is 11.5 Å². The Labute approximate surface area is 115 Å². The van der Waals surface area contributed by atoms with Crippen molar-refractivity contribution in [3.05, 3.63) is 23.3 Å². The van der Waals surface area contributed by atoms with E-state index >= 15 is 0 Å². The molecule has 0 amide bonds. The van der Waals surface area contributed by atoms with Crippen LogP contribution in [0, 0.1) is 6.92 Å². The molecular formula is C15H25NO3. The second-order valence-electron chi connectivity index (χ2n) is 5.30. The number of benzene rings is 1. The van der Waals surface area contributed by atoms with Crippen molar-refractivity contribution in [2.45, 2.75) is 39.3 Å². The summed E-state index contributed by atoms with van der Waals surface area (Å²) in [4.78, 5) is 0. The summed E-state index contributed by atoms with van der Waals surface area (Å²) in [5.41, 5.74) is 1.99. The van der Waals surface area contributed by atoms with Crippen molar-refractivity contribution in [3.63, 3.8) is 0 Å². The van der Waals surface area contributed by atoms with E-state index in [2.05, 4.69) is 19.2 Å². The van der Waals surface area contributed by atoms with Gasteiger partial charge >= 0.3 is 0 Å². The monoisotopic (exact) mass is 267 g/mol. The van der Waals surface area contributed by atoms with E-state index in [-0.39, 0.29) is 12.1 Å². The highest BCUT2D eigenvalue weighted by atomic mass is 16.5. The van der Waals surface area contributed by atoms with Crippen LogP contribution < -0.4 is 14.8 Å².